The van der Waals surface area contributed by atoms with Gasteiger partial charge in [-0.2, -0.15) is 0 Å². The molecule has 1 aliphatic rings. The third-order valence-electron chi connectivity index (χ3n) is 2.73. The highest BCUT2D eigenvalue weighted by Crippen LogP contribution is 2.25. The maximum absolute atomic E-state index is 11.5. The van der Waals surface area contributed by atoms with Gasteiger partial charge in [0.05, 0.1) is 30.8 Å². The van der Waals surface area contributed by atoms with Crippen LogP contribution in [-0.2, 0) is 14.3 Å². The highest BCUT2D eigenvalue weighted by molar-refractivity contribution is 5.72. The molecular weight excluding hydrogens is 196 g/mol. The number of hydrogen-bond donors (Lipinski definition) is 1. The predicted octanol–water partition coefficient (Wildman–Crippen LogP) is 1.11. The van der Waals surface area contributed by atoms with Crippen molar-refractivity contribution in [2.24, 2.45) is 5.92 Å². The highest BCUT2D eigenvalue weighted by Gasteiger charge is 2.33. The predicted molar refractivity (Wildman–Crippen MR) is 55.4 cm³/mol. The molecule has 1 unspecified atom stereocenters. The Morgan fingerprint density at radius 3 is 2.80 bits per heavy atom. The van der Waals surface area contributed by atoms with Gasteiger partial charge in [-0.1, -0.05) is 0 Å². The van der Waals surface area contributed by atoms with Crippen LogP contribution in [-0.4, -0.2) is 36.0 Å². The molecule has 4 atom stereocenters. The number of aliphatic hydroxyl groups is 1. The maximum Gasteiger partial charge on any atom is 0.311 e. The topological polar surface area (TPSA) is 55.8 Å². The van der Waals surface area contributed by atoms with Crippen molar-refractivity contribution < 1.29 is 19.4 Å². The van der Waals surface area contributed by atoms with E-state index >= 15 is 0 Å². The third-order valence-corrected chi connectivity index (χ3v) is 2.73. The maximum atomic E-state index is 11.5. The van der Waals surface area contributed by atoms with Crippen LogP contribution in [0.3, 0.4) is 0 Å². The lowest BCUT2D eigenvalue weighted by Gasteiger charge is -2.33. The summed E-state index contributed by atoms with van der Waals surface area (Å²) < 4.78 is 10.6. The van der Waals surface area contributed by atoms with Gasteiger partial charge >= 0.3 is 5.97 Å². The van der Waals surface area contributed by atoms with Crippen molar-refractivity contribution in [3.63, 3.8) is 0 Å². The van der Waals surface area contributed by atoms with E-state index in [2.05, 4.69) is 0 Å². The molecule has 0 amide bonds. The van der Waals surface area contributed by atoms with E-state index in [1.165, 1.54) is 0 Å². The second-order valence-corrected chi connectivity index (χ2v) is 4.15. The lowest BCUT2D eigenvalue weighted by molar-refractivity contribution is -0.161. The summed E-state index contributed by atoms with van der Waals surface area (Å²) in [6.07, 6.45) is 0.588. The fourth-order valence-corrected chi connectivity index (χ4v) is 1.90. The summed E-state index contributed by atoms with van der Waals surface area (Å²) in [7, 11) is 0. The van der Waals surface area contributed by atoms with Crippen LogP contribution in [0.25, 0.3) is 0 Å². The van der Waals surface area contributed by atoms with Crippen molar-refractivity contribution in [1.29, 1.82) is 0 Å². The Labute approximate surface area is 90.6 Å². The van der Waals surface area contributed by atoms with E-state index in [4.69, 9.17) is 9.47 Å². The molecule has 0 aromatic heterocycles. The first-order valence-corrected chi connectivity index (χ1v) is 5.54. The molecule has 1 rings (SSSR count). The van der Waals surface area contributed by atoms with E-state index in [9.17, 15) is 9.90 Å². The van der Waals surface area contributed by atoms with Crippen molar-refractivity contribution in [3.05, 3.63) is 0 Å². The molecule has 0 aliphatic carbocycles. The minimum Gasteiger partial charge on any atom is -0.466 e. The van der Waals surface area contributed by atoms with Crippen LogP contribution in [0, 0.1) is 5.92 Å². The second kappa shape index (κ2) is 5.47. The smallest absolute Gasteiger partial charge is 0.311 e. The Morgan fingerprint density at radius 1 is 1.60 bits per heavy atom. The van der Waals surface area contributed by atoms with E-state index in [0.717, 1.165) is 0 Å². The molecule has 15 heavy (non-hydrogen) atoms. The normalized spacial score (nSPS) is 33.5. The van der Waals surface area contributed by atoms with E-state index < -0.39 is 0 Å². The molecule has 0 saturated carbocycles. The number of carbonyl (C=O) groups excluding carboxylic acids is 1. The highest BCUT2D eigenvalue weighted by atomic mass is 16.5. The SMILES string of the molecule is CCOC(=O)C(C)[C@H]1C[C@@H](O)C[C@@H](C)O1. The molecular formula is C11H20O4. The number of carbonyl (C=O) groups is 1. The van der Waals surface area contributed by atoms with Crippen molar-refractivity contribution in [3.8, 4) is 0 Å². The number of aliphatic hydroxyl groups excluding tert-OH is 1. The van der Waals surface area contributed by atoms with Crippen LogP contribution >= 0.6 is 0 Å². The number of rotatable bonds is 3. The first-order valence-electron chi connectivity index (χ1n) is 5.54. The van der Waals surface area contributed by atoms with Crippen LogP contribution in [0.1, 0.15) is 33.6 Å². The van der Waals surface area contributed by atoms with Gasteiger partial charge in [0, 0.05) is 6.42 Å². The molecule has 1 saturated heterocycles. The van der Waals surface area contributed by atoms with Crippen LogP contribution in [0.15, 0.2) is 0 Å². The summed E-state index contributed by atoms with van der Waals surface area (Å²) >= 11 is 0. The molecule has 1 heterocycles. The molecule has 4 nitrogen and oxygen atoms in total. The summed E-state index contributed by atoms with van der Waals surface area (Å²) in [5.74, 6) is -0.550. The summed E-state index contributed by atoms with van der Waals surface area (Å²) in [4.78, 5) is 11.5. The van der Waals surface area contributed by atoms with Gasteiger partial charge < -0.3 is 14.6 Å². The number of esters is 1. The van der Waals surface area contributed by atoms with E-state index in [-0.39, 0.29) is 30.2 Å². The van der Waals surface area contributed by atoms with Gasteiger partial charge in [0.1, 0.15) is 0 Å². The van der Waals surface area contributed by atoms with E-state index in [0.29, 0.717) is 19.4 Å². The van der Waals surface area contributed by atoms with Crippen LogP contribution in [0.4, 0.5) is 0 Å². The minimum absolute atomic E-state index is 0.00984. The molecule has 0 aromatic carbocycles. The molecule has 1 N–H and O–H groups in total. The summed E-state index contributed by atoms with van der Waals surface area (Å²) in [6, 6.07) is 0. The van der Waals surface area contributed by atoms with Gasteiger partial charge in [-0.05, 0) is 27.2 Å². The first kappa shape index (κ1) is 12.5. The minimum atomic E-state index is -0.365. The zero-order valence-corrected chi connectivity index (χ0v) is 9.60. The van der Waals surface area contributed by atoms with Gasteiger partial charge in [0.25, 0.3) is 0 Å². The molecule has 88 valence electrons. The standard InChI is InChI=1S/C11H20O4/c1-4-14-11(13)8(3)10-6-9(12)5-7(2)15-10/h7-10,12H,4-6H2,1-3H3/t7-,8?,9+,10-/m1/s1. The van der Waals surface area contributed by atoms with E-state index in [1.807, 2.05) is 6.92 Å². The van der Waals surface area contributed by atoms with E-state index in [1.54, 1.807) is 13.8 Å². The Bertz CT molecular complexity index is 207. The Hall–Kier alpha value is -0.610. The number of ether oxygens (including phenoxy) is 2. The average molecular weight is 216 g/mol. The largest absolute Gasteiger partial charge is 0.466 e. The molecule has 4 heteroatoms. The first-order chi connectivity index (χ1) is 7.04. The van der Waals surface area contributed by atoms with Crippen LogP contribution < -0.4 is 0 Å². The fourth-order valence-electron chi connectivity index (χ4n) is 1.90. The molecule has 1 aliphatic heterocycles. The van der Waals surface area contributed by atoms with Crippen LogP contribution in [0.2, 0.25) is 0 Å². The molecule has 0 radical (unpaired) electrons. The van der Waals surface area contributed by atoms with Gasteiger partial charge in [-0.15, -0.1) is 0 Å². The molecule has 1 fully saturated rings. The molecule has 0 aromatic rings. The van der Waals surface area contributed by atoms with Crippen LogP contribution in [0.5, 0.6) is 0 Å². The lowest BCUT2D eigenvalue weighted by Crippen LogP contribution is -2.40. The molecule has 0 bridgehead atoms. The zero-order valence-electron chi connectivity index (χ0n) is 9.60. The Morgan fingerprint density at radius 2 is 2.27 bits per heavy atom. The van der Waals surface area contributed by atoms with Gasteiger partial charge in [-0.3, -0.25) is 4.79 Å². The Balaban J connectivity index is 2.51. The summed E-state index contributed by atoms with van der Waals surface area (Å²) in [5, 5.41) is 9.58. The van der Waals surface area contributed by atoms with Gasteiger partial charge in [0.2, 0.25) is 0 Å². The second-order valence-electron chi connectivity index (χ2n) is 4.15. The zero-order chi connectivity index (χ0) is 11.4. The fraction of sp³-hybridized carbons (Fsp3) is 0.909. The molecule has 0 spiro atoms. The van der Waals surface area contributed by atoms with Gasteiger partial charge in [-0.25, -0.2) is 0 Å². The lowest BCUT2D eigenvalue weighted by atomic mass is 9.93. The quantitative estimate of drug-likeness (QED) is 0.718. The van der Waals surface area contributed by atoms with Crippen molar-refractivity contribution in [2.75, 3.05) is 6.61 Å². The third kappa shape index (κ3) is 3.47. The monoisotopic (exact) mass is 216 g/mol. The summed E-state index contributed by atoms with van der Waals surface area (Å²) in [5.41, 5.74) is 0. The number of hydrogen-bond acceptors (Lipinski definition) is 4. The van der Waals surface area contributed by atoms with Crippen molar-refractivity contribution >= 4 is 5.97 Å². The van der Waals surface area contributed by atoms with Gasteiger partial charge in [0.15, 0.2) is 0 Å². The van der Waals surface area contributed by atoms with Crippen molar-refractivity contribution in [1.82, 2.24) is 0 Å². The average Bonchev–Trinajstić information content (AvgIpc) is 2.15. The summed E-state index contributed by atoms with van der Waals surface area (Å²) in [6.45, 7) is 5.86. The Kier molecular flexibility index (Phi) is 4.54. The van der Waals surface area contributed by atoms with Crippen molar-refractivity contribution in [2.45, 2.75) is 51.9 Å².